The first kappa shape index (κ1) is 15.9. The van der Waals surface area contributed by atoms with Crippen LogP contribution in [0.2, 0.25) is 5.02 Å². The van der Waals surface area contributed by atoms with Crippen LogP contribution in [0.4, 0.5) is 4.39 Å². The van der Waals surface area contributed by atoms with Crippen LogP contribution in [0.3, 0.4) is 0 Å². The summed E-state index contributed by atoms with van der Waals surface area (Å²) < 4.78 is 39.2. The largest absolute Gasteiger partial charge is 0.243 e. The van der Waals surface area contributed by atoms with Gasteiger partial charge in [0.25, 0.3) is 0 Å². The Balaban J connectivity index is 2.31. The first-order chi connectivity index (χ1) is 9.82. The van der Waals surface area contributed by atoms with Crippen LogP contribution in [0, 0.1) is 5.82 Å². The van der Waals surface area contributed by atoms with E-state index in [9.17, 15) is 12.8 Å². The fraction of sp³-hybridized carbons (Fsp3) is 0.200. The summed E-state index contributed by atoms with van der Waals surface area (Å²) in [4.78, 5) is 0.0622. The number of rotatable bonds is 4. The van der Waals surface area contributed by atoms with Crippen molar-refractivity contribution in [2.45, 2.75) is 17.9 Å². The summed E-state index contributed by atoms with van der Waals surface area (Å²) in [6.45, 7) is 1.78. The maximum atomic E-state index is 12.9. The van der Waals surface area contributed by atoms with Crippen LogP contribution in [0.15, 0.2) is 53.4 Å². The van der Waals surface area contributed by atoms with Gasteiger partial charge in [-0.2, -0.15) is 4.31 Å². The Morgan fingerprint density at radius 1 is 1.05 bits per heavy atom. The molecule has 1 unspecified atom stereocenters. The molecule has 0 aromatic heterocycles. The van der Waals surface area contributed by atoms with Crippen molar-refractivity contribution in [2.75, 3.05) is 7.05 Å². The van der Waals surface area contributed by atoms with Gasteiger partial charge in [0.15, 0.2) is 0 Å². The second-order valence-corrected chi connectivity index (χ2v) is 7.14. The van der Waals surface area contributed by atoms with Crippen molar-refractivity contribution in [2.24, 2.45) is 0 Å². The van der Waals surface area contributed by atoms with Gasteiger partial charge >= 0.3 is 0 Å². The number of hydrogen-bond acceptors (Lipinski definition) is 2. The summed E-state index contributed by atoms with van der Waals surface area (Å²) in [6.07, 6.45) is 0. The molecular formula is C15H15ClFNO2S. The number of nitrogens with zero attached hydrogens (tertiary/aromatic N) is 1. The lowest BCUT2D eigenvalue weighted by Gasteiger charge is -2.24. The van der Waals surface area contributed by atoms with Crippen molar-refractivity contribution >= 4 is 21.6 Å². The highest BCUT2D eigenvalue weighted by Crippen LogP contribution is 2.26. The van der Waals surface area contributed by atoms with Crippen LogP contribution < -0.4 is 0 Å². The zero-order chi connectivity index (χ0) is 15.6. The van der Waals surface area contributed by atoms with Crippen molar-refractivity contribution in [1.29, 1.82) is 0 Å². The normalized spacial score (nSPS) is 13.4. The van der Waals surface area contributed by atoms with Gasteiger partial charge in [0, 0.05) is 18.1 Å². The van der Waals surface area contributed by atoms with E-state index in [0.29, 0.717) is 5.02 Å². The van der Waals surface area contributed by atoms with E-state index in [1.165, 1.54) is 23.5 Å². The maximum Gasteiger partial charge on any atom is 0.243 e. The fourth-order valence-corrected chi connectivity index (χ4v) is 3.41. The van der Waals surface area contributed by atoms with Gasteiger partial charge in [-0.1, -0.05) is 23.7 Å². The number of hydrogen-bond donors (Lipinski definition) is 0. The molecule has 2 aromatic rings. The summed E-state index contributed by atoms with van der Waals surface area (Å²) in [7, 11) is -2.18. The minimum Gasteiger partial charge on any atom is -0.207 e. The molecule has 2 rings (SSSR count). The molecule has 0 N–H and O–H groups in total. The van der Waals surface area contributed by atoms with Crippen molar-refractivity contribution in [3.05, 3.63) is 64.9 Å². The molecule has 0 amide bonds. The van der Waals surface area contributed by atoms with E-state index in [1.54, 1.807) is 31.2 Å². The van der Waals surface area contributed by atoms with Gasteiger partial charge in [-0.15, -0.1) is 0 Å². The summed E-state index contributed by atoms with van der Waals surface area (Å²) >= 11 is 5.83. The zero-order valence-electron chi connectivity index (χ0n) is 11.6. The number of sulfonamides is 1. The minimum atomic E-state index is -3.68. The summed E-state index contributed by atoms with van der Waals surface area (Å²) in [5, 5.41) is 0.593. The lowest BCUT2D eigenvalue weighted by molar-refractivity contribution is 0.398. The Morgan fingerprint density at radius 3 is 2.10 bits per heavy atom. The Kier molecular flexibility index (Phi) is 4.66. The van der Waals surface area contributed by atoms with Gasteiger partial charge in [-0.3, -0.25) is 0 Å². The summed E-state index contributed by atoms with van der Waals surface area (Å²) in [6, 6.07) is 11.4. The van der Waals surface area contributed by atoms with Gasteiger partial charge < -0.3 is 0 Å². The van der Waals surface area contributed by atoms with E-state index >= 15 is 0 Å². The SMILES string of the molecule is CC(c1ccc(Cl)cc1)N(C)S(=O)(=O)c1ccc(F)cc1. The average molecular weight is 328 g/mol. The highest BCUT2D eigenvalue weighted by atomic mass is 35.5. The third kappa shape index (κ3) is 3.43. The zero-order valence-corrected chi connectivity index (χ0v) is 13.2. The van der Waals surface area contributed by atoms with E-state index in [4.69, 9.17) is 11.6 Å². The Morgan fingerprint density at radius 2 is 1.57 bits per heavy atom. The number of benzene rings is 2. The average Bonchev–Trinajstić information content (AvgIpc) is 2.47. The lowest BCUT2D eigenvalue weighted by Crippen LogP contribution is -2.29. The summed E-state index contributed by atoms with van der Waals surface area (Å²) in [5.41, 5.74) is 0.826. The monoisotopic (exact) mass is 327 g/mol. The van der Waals surface area contributed by atoms with Gasteiger partial charge in [0.2, 0.25) is 10.0 Å². The smallest absolute Gasteiger partial charge is 0.207 e. The van der Waals surface area contributed by atoms with E-state index in [0.717, 1.165) is 17.7 Å². The number of halogens is 2. The summed E-state index contributed by atoms with van der Waals surface area (Å²) in [5.74, 6) is -0.470. The molecule has 0 heterocycles. The first-order valence-electron chi connectivity index (χ1n) is 6.31. The van der Waals surface area contributed by atoms with E-state index in [1.807, 2.05) is 0 Å². The van der Waals surface area contributed by atoms with Gasteiger partial charge in [-0.25, -0.2) is 12.8 Å². The molecule has 0 aliphatic rings. The van der Waals surface area contributed by atoms with Gasteiger partial charge in [0.1, 0.15) is 5.82 Å². The molecule has 0 saturated carbocycles. The third-order valence-electron chi connectivity index (χ3n) is 3.39. The molecule has 0 fully saturated rings. The Bertz CT molecular complexity index is 714. The van der Waals surface area contributed by atoms with Crippen molar-refractivity contribution < 1.29 is 12.8 Å². The molecule has 0 spiro atoms. The van der Waals surface area contributed by atoms with Gasteiger partial charge in [-0.05, 0) is 48.9 Å². The van der Waals surface area contributed by atoms with Gasteiger partial charge in [0.05, 0.1) is 4.90 Å². The molecule has 3 nitrogen and oxygen atoms in total. The topological polar surface area (TPSA) is 37.4 Å². The molecule has 0 aliphatic heterocycles. The predicted molar refractivity (Wildman–Crippen MR) is 81.2 cm³/mol. The fourth-order valence-electron chi connectivity index (χ4n) is 1.93. The molecule has 1 atom stereocenters. The van der Waals surface area contributed by atoms with Crippen LogP contribution in [0.5, 0.6) is 0 Å². The molecule has 112 valence electrons. The maximum absolute atomic E-state index is 12.9. The highest BCUT2D eigenvalue weighted by Gasteiger charge is 2.26. The second-order valence-electron chi connectivity index (χ2n) is 4.70. The van der Waals surface area contributed by atoms with Crippen LogP contribution in [-0.2, 0) is 10.0 Å². The van der Waals surface area contributed by atoms with E-state index in [2.05, 4.69) is 0 Å². The lowest BCUT2D eigenvalue weighted by atomic mass is 10.1. The molecule has 0 bridgehead atoms. The first-order valence-corrected chi connectivity index (χ1v) is 8.13. The molecule has 0 aliphatic carbocycles. The molecule has 21 heavy (non-hydrogen) atoms. The van der Waals surface area contributed by atoms with E-state index < -0.39 is 15.8 Å². The quantitative estimate of drug-likeness (QED) is 0.855. The third-order valence-corrected chi connectivity index (χ3v) is 5.58. The van der Waals surface area contributed by atoms with Crippen molar-refractivity contribution in [3.8, 4) is 0 Å². The van der Waals surface area contributed by atoms with E-state index in [-0.39, 0.29) is 10.9 Å². The molecule has 0 saturated heterocycles. The standard InChI is InChI=1S/C15H15ClFNO2S/c1-11(12-3-5-13(16)6-4-12)18(2)21(19,20)15-9-7-14(17)8-10-15/h3-11H,1-2H3. The highest BCUT2D eigenvalue weighted by molar-refractivity contribution is 7.89. The van der Waals surface area contributed by atoms with Crippen LogP contribution in [0.25, 0.3) is 0 Å². The predicted octanol–water partition coefficient (Wildman–Crippen LogP) is 3.86. The molecule has 6 heteroatoms. The Labute approximate surface area is 129 Å². The second kappa shape index (κ2) is 6.13. The van der Waals surface area contributed by atoms with Crippen LogP contribution in [0.1, 0.15) is 18.5 Å². The Hall–Kier alpha value is -1.43. The van der Waals surface area contributed by atoms with Crippen LogP contribution in [-0.4, -0.2) is 19.8 Å². The minimum absolute atomic E-state index is 0.0622. The van der Waals surface area contributed by atoms with Crippen molar-refractivity contribution in [3.63, 3.8) is 0 Å². The molecule has 0 radical (unpaired) electrons. The molecular weight excluding hydrogens is 313 g/mol. The van der Waals surface area contributed by atoms with Crippen LogP contribution >= 0.6 is 11.6 Å². The van der Waals surface area contributed by atoms with Crippen molar-refractivity contribution in [1.82, 2.24) is 4.31 Å². The molecule has 2 aromatic carbocycles.